The Kier molecular flexibility index (Phi) is 7.73. The number of hydrogen-bond acceptors (Lipinski definition) is 8. The molecule has 38 heavy (non-hydrogen) atoms. The van der Waals surface area contributed by atoms with E-state index in [0.29, 0.717) is 43.8 Å². The lowest BCUT2D eigenvalue weighted by atomic mass is 10.1. The first kappa shape index (κ1) is 25.5. The second kappa shape index (κ2) is 11.5. The first-order valence-corrected chi connectivity index (χ1v) is 13.7. The molecule has 1 saturated heterocycles. The minimum absolute atomic E-state index is 0.253. The molecule has 0 bridgehead atoms. The average molecular weight is 529 g/mol. The van der Waals surface area contributed by atoms with Crippen LogP contribution in [-0.2, 0) is 14.8 Å². The molecule has 0 atom stereocenters. The molecule has 9 nitrogen and oxygen atoms in total. The van der Waals surface area contributed by atoms with Gasteiger partial charge in [0.1, 0.15) is 0 Å². The van der Waals surface area contributed by atoms with Gasteiger partial charge in [0.25, 0.3) is 0 Å². The lowest BCUT2D eigenvalue weighted by Gasteiger charge is -2.26. The van der Waals surface area contributed by atoms with Crippen molar-refractivity contribution in [3.8, 4) is 11.1 Å². The molecule has 1 fully saturated rings. The molecule has 0 amide bonds. The maximum Gasteiger partial charge on any atom is 0.243 e. The molecule has 1 aromatic heterocycles. The highest BCUT2D eigenvalue weighted by Gasteiger charge is 2.26. The Morgan fingerprint density at radius 2 is 1.58 bits per heavy atom. The van der Waals surface area contributed by atoms with Crippen molar-refractivity contribution in [1.82, 2.24) is 14.3 Å². The maximum atomic E-state index is 12.9. The zero-order valence-corrected chi connectivity index (χ0v) is 21.7. The molecule has 194 valence electrons. The van der Waals surface area contributed by atoms with Crippen molar-refractivity contribution >= 4 is 33.2 Å². The average Bonchev–Trinajstić information content (AvgIpc) is 2.97. The highest BCUT2D eigenvalue weighted by molar-refractivity contribution is 7.89. The summed E-state index contributed by atoms with van der Waals surface area (Å²) in [5.41, 5.74) is 7.18. The maximum absolute atomic E-state index is 12.9. The Balaban J connectivity index is 1.38. The van der Waals surface area contributed by atoms with Gasteiger partial charge in [-0.15, -0.1) is 0 Å². The summed E-state index contributed by atoms with van der Waals surface area (Å²) in [5, 5.41) is 7.76. The standard InChI is InChI=1S/C28H28N6O3S/c1-21(22-12-14-25(15-13-22)38(35,36)34-16-18-37-19-17-34)32-33-27-26(23-8-4-2-5-9-23)20-29-28(31-27)30-24-10-6-3-7-11-24/h2-15,20H,16-19H2,1H3,(H2,29,30,31,33). The number of benzene rings is 3. The Morgan fingerprint density at radius 1 is 0.921 bits per heavy atom. The molecule has 0 saturated carbocycles. The molecule has 3 aromatic carbocycles. The van der Waals surface area contributed by atoms with Gasteiger partial charge in [0.15, 0.2) is 5.82 Å². The largest absolute Gasteiger partial charge is 0.379 e. The minimum Gasteiger partial charge on any atom is -0.379 e. The van der Waals surface area contributed by atoms with E-state index in [0.717, 1.165) is 22.4 Å². The van der Waals surface area contributed by atoms with Crippen LogP contribution in [0.5, 0.6) is 0 Å². The Labute approximate surface area is 222 Å². The summed E-state index contributed by atoms with van der Waals surface area (Å²) in [6, 6.07) is 26.3. The van der Waals surface area contributed by atoms with Crippen molar-refractivity contribution in [3.05, 3.63) is 96.7 Å². The van der Waals surface area contributed by atoms with E-state index >= 15 is 0 Å². The molecule has 0 unspecified atom stereocenters. The van der Waals surface area contributed by atoms with Crippen LogP contribution >= 0.6 is 0 Å². The SMILES string of the molecule is CC(=NNc1nc(Nc2ccccc2)ncc1-c1ccccc1)c1ccc(S(=O)(=O)N2CCOCC2)cc1. The van der Waals surface area contributed by atoms with Crippen molar-refractivity contribution in [2.24, 2.45) is 5.10 Å². The fraction of sp³-hybridized carbons (Fsp3) is 0.179. The van der Waals surface area contributed by atoms with E-state index in [-0.39, 0.29) is 4.90 Å². The number of morpholine rings is 1. The molecule has 10 heteroatoms. The number of sulfonamides is 1. The molecular weight excluding hydrogens is 500 g/mol. The number of hydrazone groups is 1. The molecule has 1 aliphatic rings. The summed E-state index contributed by atoms with van der Waals surface area (Å²) in [6.45, 7) is 3.39. The van der Waals surface area contributed by atoms with Crippen molar-refractivity contribution in [2.45, 2.75) is 11.8 Å². The van der Waals surface area contributed by atoms with Gasteiger partial charge in [-0.2, -0.15) is 14.4 Å². The smallest absolute Gasteiger partial charge is 0.243 e. The third kappa shape index (κ3) is 5.88. The molecule has 1 aliphatic heterocycles. The highest BCUT2D eigenvalue weighted by atomic mass is 32.2. The monoisotopic (exact) mass is 528 g/mol. The summed E-state index contributed by atoms with van der Waals surface area (Å²) in [6.07, 6.45) is 1.76. The van der Waals surface area contributed by atoms with E-state index in [1.165, 1.54) is 4.31 Å². The van der Waals surface area contributed by atoms with Gasteiger partial charge in [-0.3, -0.25) is 5.43 Å². The highest BCUT2D eigenvalue weighted by Crippen LogP contribution is 2.27. The van der Waals surface area contributed by atoms with Gasteiger partial charge in [0.05, 0.1) is 23.8 Å². The van der Waals surface area contributed by atoms with Crippen molar-refractivity contribution in [1.29, 1.82) is 0 Å². The van der Waals surface area contributed by atoms with Gasteiger partial charge in [-0.05, 0) is 42.3 Å². The van der Waals surface area contributed by atoms with Crippen LogP contribution in [0.25, 0.3) is 11.1 Å². The van der Waals surface area contributed by atoms with Crippen LogP contribution in [0.1, 0.15) is 12.5 Å². The third-order valence-corrected chi connectivity index (χ3v) is 8.03. The van der Waals surface area contributed by atoms with E-state index in [1.807, 2.05) is 67.6 Å². The van der Waals surface area contributed by atoms with Crippen molar-refractivity contribution < 1.29 is 13.2 Å². The van der Waals surface area contributed by atoms with Gasteiger partial charge in [0.2, 0.25) is 16.0 Å². The predicted octanol–water partition coefficient (Wildman–Crippen LogP) is 4.74. The topological polar surface area (TPSA) is 109 Å². The molecule has 2 heterocycles. The van der Waals surface area contributed by atoms with Crippen LogP contribution in [0.15, 0.2) is 101 Å². The van der Waals surface area contributed by atoms with Crippen LogP contribution in [-0.4, -0.2) is 54.7 Å². The number of anilines is 3. The second-order valence-electron chi connectivity index (χ2n) is 8.66. The molecule has 0 aliphatic carbocycles. The lowest BCUT2D eigenvalue weighted by molar-refractivity contribution is 0.0730. The predicted molar refractivity (Wildman–Crippen MR) is 149 cm³/mol. The summed E-state index contributed by atoms with van der Waals surface area (Å²) in [7, 11) is -3.55. The lowest BCUT2D eigenvalue weighted by Crippen LogP contribution is -2.40. The van der Waals surface area contributed by atoms with Crippen molar-refractivity contribution in [3.63, 3.8) is 0 Å². The number of nitrogens with one attached hydrogen (secondary N) is 2. The van der Waals surface area contributed by atoms with Crippen LogP contribution < -0.4 is 10.7 Å². The summed E-state index contributed by atoms with van der Waals surface area (Å²) in [5.74, 6) is 0.972. The normalized spacial score (nSPS) is 14.7. The third-order valence-electron chi connectivity index (χ3n) is 6.11. The number of para-hydroxylation sites is 1. The molecule has 5 rings (SSSR count). The van der Waals surface area contributed by atoms with Crippen LogP contribution in [0, 0.1) is 0 Å². The van der Waals surface area contributed by atoms with Crippen LogP contribution in [0.2, 0.25) is 0 Å². The van der Waals surface area contributed by atoms with Gasteiger partial charge in [-0.1, -0.05) is 60.7 Å². The molecule has 0 spiro atoms. The second-order valence-corrected chi connectivity index (χ2v) is 10.6. The first-order chi connectivity index (χ1) is 18.5. The molecule has 4 aromatic rings. The van der Waals surface area contributed by atoms with E-state index < -0.39 is 10.0 Å². The quantitative estimate of drug-likeness (QED) is 0.251. The number of hydrogen-bond donors (Lipinski definition) is 2. The summed E-state index contributed by atoms with van der Waals surface area (Å²) < 4.78 is 32.6. The number of nitrogens with zero attached hydrogens (tertiary/aromatic N) is 4. The van der Waals surface area contributed by atoms with E-state index in [1.54, 1.807) is 30.5 Å². The van der Waals surface area contributed by atoms with Gasteiger partial charge >= 0.3 is 0 Å². The number of ether oxygens (including phenoxy) is 1. The summed E-state index contributed by atoms with van der Waals surface area (Å²) >= 11 is 0. The molecule has 0 radical (unpaired) electrons. The number of aromatic nitrogens is 2. The van der Waals surface area contributed by atoms with Crippen LogP contribution in [0.3, 0.4) is 0 Å². The minimum atomic E-state index is -3.55. The zero-order chi connectivity index (χ0) is 26.4. The fourth-order valence-electron chi connectivity index (χ4n) is 4.01. The Morgan fingerprint density at radius 3 is 2.26 bits per heavy atom. The van der Waals surface area contributed by atoms with Crippen molar-refractivity contribution in [2.75, 3.05) is 37.0 Å². The number of rotatable bonds is 8. The van der Waals surface area contributed by atoms with E-state index in [9.17, 15) is 8.42 Å². The van der Waals surface area contributed by atoms with E-state index in [2.05, 4.69) is 25.8 Å². The zero-order valence-electron chi connectivity index (χ0n) is 20.9. The summed E-state index contributed by atoms with van der Waals surface area (Å²) in [4.78, 5) is 9.41. The Bertz CT molecular complexity index is 1510. The van der Waals surface area contributed by atoms with Gasteiger partial charge in [-0.25, -0.2) is 13.4 Å². The molecule has 2 N–H and O–H groups in total. The van der Waals surface area contributed by atoms with Gasteiger partial charge < -0.3 is 10.1 Å². The first-order valence-electron chi connectivity index (χ1n) is 12.2. The van der Waals surface area contributed by atoms with Crippen LogP contribution in [0.4, 0.5) is 17.5 Å². The van der Waals surface area contributed by atoms with Gasteiger partial charge in [0, 0.05) is 30.5 Å². The molecular formula is C28H28N6O3S. The van der Waals surface area contributed by atoms with E-state index in [4.69, 9.17) is 4.74 Å². The fourth-order valence-corrected chi connectivity index (χ4v) is 5.42. The Hall–Kier alpha value is -4.12.